The first-order chi connectivity index (χ1) is 16.0. The SMILES string of the molecule is CSc1nn(CC(=O)Nc2ccc(C)cc2)c(N)c1-c1nc(-c2ccc3c(c2)OCO3)no1. The van der Waals surface area contributed by atoms with Gasteiger partial charge in [0.05, 0.1) is 0 Å². The van der Waals surface area contributed by atoms with Gasteiger partial charge in [-0.25, -0.2) is 4.68 Å². The van der Waals surface area contributed by atoms with E-state index in [4.69, 9.17) is 19.7 Å². The minimum atomic E-state index is -0.251. The number of nitrogen functional groups attached to an aromatic ring is 1. The molecule has 5 rings (SSSR count). The molecular formula is C22H20N6O4S. The lowest BCUT2D eigenvalue weighted by Crippen LogP contribution is -2.20. The molecule has 0 radical (unpaired) electrons. The van der Waals surface area contributed by atoms with Gasteiger partial charge in [-0.15, -0.1) is 11.8 Å². The number of aromatic nitrogens is 4. The topological polar surface area (TPSA) is 130 Å². The Morgan fingerprint density at radius 2 is 1.97 bits per heavy atom. The molecule has 168 valence electrons. The third-order valence-electron chi connectivity index (χ3n) is 5.05. The molecule has 0 spiro atoms. The molecule has 0 atom stereocenters. The van der Waals surface area contributed by atoms with E-state index in [-0.39, 0.29) is 31.0 Å². The molecule has 10 nitrogen and oxygen atoms in total. The molecule has 0 bridgehead atoms. The van der Waals surface area contributed by atoms with E-state index in [1.165, 1.54) is 16.4 Å². The van der Waals surface area contributed by atoms with Gasteiger partial charge in [0.1, 0.15) is 23.0 Å². The summed E-state index contributed by atoms with van der Waals surface area (Å²) in [5.74, 6) is 1.89. The molecule has 2 aromatic carbocycles. The van der Waals surface area contributed by atoms with Crippen molar-refractivity contribution in [2.24, 2.45) is 0 Å². The van der Waals surface area contributed by atoms with Crippen LogP contribution in [0.4, 0.5) is 11.5 Å². The Hall–Kier alpha value is -3.99. The third kappa shape index (κ3) is 4.10. The Balaban J connectivity index is 1.39. The molecule has 2 aromatic heterocycles. The van der Waals surface area contributed by atoms with Crippen molar-refractivity contribution < 1.29 is 18.8 Å². The van der Waals surface area contributed by atoms with Gasteiger partial charge in [-0.2, -0.15) is 10.1 Å². The number of nitrogens with one attached hydrogen (secondary N) is 1. The summed E-state index contributed by atoms with van der Waals surface area (Å²) in [6, 6.07) is 12.9. The van der Waals surface area contributed by atoms with Crippen LogP contribution in [0.5, 0.6) is 11.5 Å². The summed E-state index contributed by atoms with van der Waals surface area (Å²) in [6.45, 7) is 2.11. The van der Waals surface area contributed by atoms with Crippen LogP contribution in [-0.2, 0) is 11.3 Å². The Morgan fingerprint density at radius 1 is 1.18 bits per heavy atom. The highest BCUT2D eigenvalue weighted by molar-refractivity contribution is 7.98. The van der Waals surface area contributed by atoms with Crippen LogP contribution in [0.25, 0.3) is 22.8 Å². The van der Waals surface area contributed by atoms with Gasteiger partial charge in [-0.1, -0.05) is 22.9 Å². The van der Waals surface area contributed by atoms with E-state index in [1.807, 2.05) is 43.5 Å². The van der Waals surface area contributed by atoms with Gasteiger partial charge in [0, 0.05) is 11.3 Å². The third-order valence-corrected chi connectivity index (χ3v) is 5.72. The first kappa shape index (κ1) is 20.9. The molecule has 1 aliphatic rings. The largest absolute Gasteiger partial charge is 0.454 e. The minimum absolute atomic E-state index is 0.0591. The number of ether oxygens (including phenoxy) is 2. The number of rotatable bonds is 6. The number of hydrogen-bond acceptors (Lipinski definition) is 9. The standard InChI is InChI=1S/C22H20N6O4S/c1-12-3-6-14(7-4-12)24-17(29)10-28-19(23)18(22(26-28)33-2)21-25-20(27-32-21)13-5-8-15-16(9-13)31-11-30-15/h3-9H,10-11,23H2,1-2H3,(H,24,29). The molecule has 1 aliphatic heterocycles. The highest BCUT2D eigenvalue weighted by atomic mass is 32.2. The number of aryl methyl sites for hydroxylation is 1. The van der Waals surface area contributed by atoms with Crippen LogP contribution in [0.2, 0.25) is 0 Å². The number of amides is 1. The number of carbonyl (C=O) groups excluding carboxylic acids is 1. The van der Waals surface area contributed by atoms with Crippen LogP contribution < -0.4 is 20.5 Å². The summed E-state index contributed by atoms with van der Waals surface area (Å²) in [5, 5.41) is 12.0. The molecule has 0 aliphatic carbocycles. The van der Waals surface area contributed by atoms with Gasteiger partial charge < -0.3 is 25.0 Å². The van der Waals surface area contributed by atoms with Gasteiger partial charge in [-0.3, -0.25) is 4.79 Å². The molecule has 11 heteroatoms. The Kier molecular flexibility index (Phi) is 5.38. The molecule has 33 heavy (non-hydrogen) atoms. The molecule has 3 N–H and O–H groups in total. The van der Waals surface area contributed by atoms with Crippen molar-refractivity contribution in [3.05, 3.63) is 48.0 Å². The molecule has 1 amide bonds. The van der Waals surface area contributed by atoms with Crippen molar-refractivity contribution in [2.45, 2.75) is 18.5 Å². The van der Waals surface area contributed by atoms with Crippen LogP contribution in [0, 0.1) is 6.92 Å². The van der Waals surface area contributed by atoms with E-state index in [1.54, 1.807) is 12.1 Å². The molecule has 0 unspecified atom stereocenters. The zero-order valence-electron chi connectivity index (χ0n) is 17.9. The smallest absolute Gasteiger partial charge is 0.264 e. The highest BCUT2D eigenvalue weighted by Crippen LogP contribution is 2.37. The van der Waals surface area contributed by atoms with E-state index in [0.717, 1.165) is 5.56 Å². The number of carbonyl (C=O) groups is 1. The maximum Gasteiger partial charge on any atom is 0.264 e. The summed E-state index contributed by atoms with van der Waals surface area (Å²) in [4.78, 5) is 17.0. The number of hydrogen-bond donors (Lipinski definition) is 2. The maximum atomic E-state index is 12.5. The number of thioether (sulfide) groups is 1. The lowest BCUT2D eigenvalue weighted by atomic mass is 10.2. The summed E-state index contributed by atoms with van der Waals surface area (Å²) in [6.07, 6.45) is 1.86. The fourth-order valence-electron chi connectivity index (χ4n) is 3.37. The Labute approximate surface area is 193 Å². The monoisotopic (exact) mass is 464 g/mol. The van der Waals surface area contributed by atoms with Crippen LogP contribution in [0.15, 0.2) is 52.0 Å². The van der Waals surface area contributed by atoms with Gasteiger partial charge in [0.25, 0.3) is 5.89 Å². The average Bonchev–Trinajstić information content (AvgIpc) is 3.54. The normalized spacial score (nSPS) is 12.2. The van der Waals surface area contributed by atoms with Gasteiger partial charge in [-0.05, 0) is 43.5 Å². The Bertz CT molecular complexity index is 1330. The zero-order valence-corrected chi connectivity index (χ0v) is 18.7. The summed E-state index contributed by atoms with van der Waals surface area (Å²) >= 11 is 1.37. The quantitative estimate of drug-likeness (QED) is 0.411. The van der Waals surface area contributed by atoms with E-state index in [2.05, 4.69) is 20.6 Å². The zero-order chi connectivity index (χ0) is 22.9. The van der Waals surface area contributed by atoms with Crippen molar-refractivity contribution in [2.75, 3.05) is 24.1 Å². The lowest BCUT2D eigenvalue weighted by molar-refractivity contribution is -0.116. The van der Waals surface area contributed by atoms with Gasteiger partial charge in [0.2, 0.25) is 18.5 Å². The second kappa shape index (κ2) is 8.51. The van der Waals surface area contributed by atoms with Crippen LogP contribution >= 0.6 is 11.8 Å². The van der Waals surface area contributed by atoms with Crippen molar-refractivity contribution in [3.63, 3.8) is 0 Å². The predicted molar refractivity (Wildman–Crippen MR) is 123 cm³/mol. The number of benzene rings is 2. The molecule has 0 saturated carbocycles. The van der Waals surface area contributed by atoms with E-state index in [0.29, 0.717) is 39.2 Å². The number of anilines is 2. The summed E-state index contributed by atoms with van der Waals surface area (Å²) in [7, 11) is 0. The second-order valence-corrected chi connectivity index (χ2v) is 8.13. The lowest BCUT2D eigenvalue weighted by Gasteiger charge is -2.07. The van der Waals surface area contributed by atoms with E-state index in [9.17, 15) is 4.79 Å². The molecule has 0 saturated heterocycles. The number of fused-ring (bicyclic) bond motifs is 1. The van der Waals surface area contributed by atoms with Crippen molar-refractivity contribution in [1.82, 2.24) is 19.9 Å². The van der Waals surface area contributed by atoms with Gasteiger partial charge in [0.15, 0.2) is 11.5 Å². The number of nitrogens with zero attached hydrogens (tertiary/aromatic N) is 4. The minimum Gasteiger partial charge on any atom is -0.454 e. The fraction of sp³-hybridized carbons (Fsp3) is 0.182. The molecule has 0 fully saturated rings. The summed E-state index contributed by atoms with van der Waals surface area (Å²) < 4.78 is 17.7. The van der Waals surface area contributed by atoms with Gasteiger partial charge >= 0.3 is 0 Å². The maximum absolute atomic E-state index is 12.5. The predicted octanol–water partition coefficient (Wildman–Crippen LogP) is 3.58. The van der Waals surface area contributed by atoms with Crippen LogP contribution in [0.3, 0.4) is 0 Å². The van der Waals surface area contributed by atoms with E-state index < -0.39 is 0 Å². The molecule has 3 heterocycles. The van der Waals surface area contributed by atoms with Crippen molar-refractivity contribution in [3.8, 4) is 34.3 Å². The average molecular weight is 465 g/mol. The summed E-state index contributed by atoms with van der Waals surface area (Å²) in [5.41, 5.74) is 9.35. The molecule has 4 aromatic rings. The second-order valence-electron chi connectivity index (χ2n) is 7.33. The number of nitrogens with two attached hydrogens (primary N) is 1. The first-order valence-corrected chi connectivity index (χ1v) is 11.2. The Morgan fingerprint density at radius 3 is 2.76 bits per heavy atom. The highest BCUT2D eigenvalue weighted by Gasteiger charge is 2.24. The van der Waals surface area contributed by atoms with Crippen LogP contribution in [0.1, 0.15) is 5.56 Å². The molecular weight excluding hydrogens is 444 g/mol. The van der Waals surface area contributed by atoms with Crippen molar-refractivity contribution >= 4 is 29.2 Å². The van der Waals surface area contributed by atoms with E-state index >= 15 is 0 Å². The van der Waals surface area contributed by atoms with Crippen LogP contribution in [-0.4, -0.2) is 38.9 Å². The fourth-order valence-corrected chi connectivity index (χ4v) is 3.94. The first-order valence-electron chi connectivity index (χ1n) is 10.0. The van der Waals surface area contributed by atoms with Crippen molar-refractivity contribution in [1.29, 1.82) is 0 Å².